The van der Waals surface area contributed by atoms with E-state index in [4.69, 9.17) is 27.9 Å². The summed E-state index contributed by atoms with van der Waals surface area (Å²) in [5.41, 5.74) is 0.551. The first-order valence-electron chi connectivity index (χ1n) is 9.99. The van der Waals surface area contributed by atoms with E-state index in [1.807, 2.05) is 30.3 Å². The number of halogens is 2. The van der Waals surface area contributed by atoms with E-state index >= 15 is 0 Å². The summed E-state index contributed by atoms with van der Waals surface area (Å²) in [7, 11) is -4.09. The van der Waals surface area contributed by atoms with Gasteiger partial charge in [0.25, 0.3) is 5.91 Å². The number of hydrogen-bond acceptors (Lipinski definition) is 5. The van der Waals surface area contributed by atoms with Crippen molar-refractivity contribution in [3.05, 3.63) is 70.7 Å². The van der Waals surface area contributed by atoms with Crippen molar-refractivity contribution in [2.75, 3.05) is 11.9 Å². The van der Waals surface area contributed by atoms with Crippen molar-refractivity contribution in [3.8, 4) is 0 Å². The molecular formula is C23H22Cl2N2O5S. The molecule has 3 aromatic carbocycles. The monoisotopic (exact) mass is 508 g/mol. The Labute approximate surface area is 202 Å². The number of nitrogens with one attached hydrogen (secondary N) is 2. The third-order valence-corrected chi connectivity index (χ3v) is 6.96. The molecule has 2 N–H and O–H groups in total. The van der Waals surface area contributed by atoms with E-state index < -0.39 is 40.5 Å². The number of hydrogen-bond donors (Lipinski definition) is 2. The van der Waals surface area contributed by atoms with E-state index in [9.17, 15) is 18.0 Å². The average molecular weight is 509 g/mol. The lowest BCUT2D eigenvalue weighted by atomic mass is 10.1. The third-order valence-electron chi connectivity index (χ3n) is 4.78. The highest BCUT2D eigenvalue weighted by Gasteiger charge is 2.30. The van der Waals surface area contributed by atoms with E-state index in [2.05, 4.69) is 10.0 Å². The second kappa shape index (κ2) is 10.5. The van der Waals surface area contributed by atoms with Crippen LogP contribution in [0, 0.1) is 5.92 Å². The van der Waals surface area contributed by atoms with Crippen LogP contribution < -0.4 is 10.0 Å². The Balaban J connectivity index is 1.63. The van der Waals surface area contributed by atoms with Gasteiger partial charge in [-0.05, 0) is 47.0 Å². The summed E-state index contributed by atoms with van der Waals surface area (Å²) in [5, 5.41) is 4.90. The summed E-state index contributed by atoms with van der Waals surface area (Å²) in [6.07, 6.45) is 0. The minimum absolute atomic E-state index is 0.0635. The highest BCUT2D eigenvalue weighted by atomic mass is 35.5. The van der Waals surface area contributed by atoms with Crippen LogP contribution in [0.15, 0.2) is 65.6 Å². The van der Waals surface area contributed by atoms with E-state index in [1.165, 1.54) is 18.2 Å². The number of amides is 1. The van der Waals surface area contributed by atoms with Crippen molar-refractivity contribution in [1.82, 2.24) is 4.72 Å². The first kappa shape index (κ1) is 25.0. The molecule has 0 saturated heterocycles. The maximum Gasteiger partial charge on any atom is 0.324 e. The molecule has 0 saturated carbocycles. The van der Waals surface area contributed by atoms with E-state index in [1.54, 1.807) is 26.0 Å². The number of esters is 1. The number of carbonyl (C=O) groups is 2. The highest BCUT2D eigenvalue weighted by molar-refractivity contribution is 7.89. The molecule has 1 atom stereocenters. The molecule has 33 heavy (non-hydrogen) atoms. The van der Waals surface area contributed by atoms with Gasteiger partial charge in [-0.25, -0.2) is 8.42 Å². The quantitative estimate of drug-likeness (QED) is 0.431. The Bertz CT molecular complexity index is 1300. The Hall–Kier alpha value is -2.65. The molecule has 0 unspecified atom stereocenters. The molecule has 0 radical (unpaired) electrons. The Kier molecular flexibility index (Phi) is 7.97. The minimum Gasteiger partial charge on any atom is -0.454 e. The van der Waals surface area contributed by atoms with Crippen LogP contribution in [-0.2, 0) is 24.3 Å². The summed E-state index contributed by atoms with van der Waals surface area (Å²) in [4.78, 5) is 24.7. The first-order valence-corrected chi connectivity index (χ1v) is 12.2. The molecular weight excluding hydrogens is 487 g/mol. The zero-order valence-corrected chi connectivity index (χ0v) is 20.2. The van der Waals surface area contributed by atoms with Gasteiger partial charge in [0, 0.05) is 5.69 Å². The lowest BCUT2D eigenvalue weighted by Gasteiger charge is -2.21. The molecule has 0 bridgehead atoms. The number of fused-ring (bicyclic) bond motifs is 1. The maximum atomic E-state index is 12.7. The number of rotatable bonds is 8. The fourth-order valence-electron chi connectivity index (χ4n) is 3.03. The third kappa shape index (κ3) is 6.45. The van der Waals surface area contributed by atoms with Crippen molar-refractivity contribution in [1.29, 1.82) is 0 Å². The summed E-state index contributed by atoms with van der Waals surface area (Å²) in [5.74, 6) is -1.87. The predicted octanol–water partition coefficient (Wildman–Crippen LogP) is 4.63. The summed E-state index contributed by atoms with van der Waals surface area (Å²) >= 11 is 11.7. The van der Waals surface area contributed by atoms with E-state index in [0.717, 1.165) is 10.8 Å². The summed E-state index contributed by atoms with van der Waals surface area (Å²) < 4.78 is 32.8. The van der Waals surface area contributed by atoms with Gasteiger partial charge in [0.05, 0.1) is 14.9 Å². The van der Waals surface area contributed by atoms with Gasteiger partial charge in [-0.3, -0.25) is 9.59 Å². The zero-order valence-electron chi connectivity index (χ0n) is 17.8. The second-order valence-corrected chi connectivity index (χ2v) is 10.2. The van der Waals surface area contributed by atoms with Gasteiger partial charge >= 0.3 is 5.97 Å². The average Bonchev–Trinajstić information content (AvgIpc) is 2.77. The second-order valence-electron chi connectivity index (χ2n) is 7.64. The smallest absolute Gasteiger partial charge is 0.324 e. The number of sulfonamides is 1. The standard InChI is InChI=1S/C23H22Cl2N2O5S/c1-14(2)22(27-33(30,31)18-9-10-19(24)20(25)12-18)23(29)32-13-21(28)26-17-8-7-15-5-3-4-6-16(15)11-17/h3-12,14,22,27H,13H2,1-2H3,(H,26,28)/t22-/m1/s1. The topological polar surface area (TPSA) is 102 Å². The molecule has 3 rings (SSSR count). The molecule has 7 nitrogen and oxygen atoms in total. The fraction of sp³-hybridized carbons (Fsp3) is 0.217. The Morgan fingerprint density at radius 1 is 0.939 bits per heavy atom. The Morgan fingerprint density at radius 3 is 2.30 bits per heavy atom. The van der Waals surface area contributed by atoms with Crippen LogP contribution >= 0.6 is 23.2 Å². The van der Waals surface area contributed by atoms with Gasteiger partial charge in [0.1, 0.15) is 6.04 Å². The van der Waals surface area contributed by atoms with Crippen molar-refractivity contribution >= 4 is 61.6 Å². The number of anilines is 1. The fourth-order valence-corrected chi connectivity index (χ4v) is 4.75. The van der Waals surface area contributed by atoms with Crippen LogP contribution in [0.25, 0.3) is 10.8 Å². The van der Waals surface area contributed by atoms with Crippen LogP contribution in [0.1, 0.15) is 13.8 Å². The number of ether oxygens (including phenoxy) is 1. The van der Waals surface area contributed by atoms with Crippen LogP contribution in [-0.4, -0.2) is 32.9 Å². The molecule has 0 spiro atoms. The molecule has 0 heterocycles. The van der Waals surface area contributed by atoms with Crippen molar-refractivity contribution in [3.63, 3.8) is 0 Å². The van der Waals surface area contributed by atoms with E-state index in [0.29, 0.717) is 5.69 Å². The van der Waals surface area contributed by atoms with Crippen molar-refractivity contribution in [2.45, 2.75) is 24.8 Å². The molecule has 0 aliphatic rings. The van der Waals surface area contributed by atoms with Gasteiger partial charge in [-0.2, -0.15) is 4.72 Å². The van der Waals surface area contributed by atoms with Crippen LogP contribution in [0.2, 0.25) is 10.0 Å². The molecule has 0 aliphatic carbocycles. The molecule has 10 heteroatoms. The molecule has 0 aromatic heterocycles. The minimum atomic E-state index is -4.09. The molecule has 0 aliphatic heterocycles. The predicted molar refractivity (Wildman–Crippen MR) is 129 cm³/mol. The van der Waals surface area contributed by atoms with Crippen LogP contribution in [0.5, 0.6) is 0 Å². The van der Waals surface area contributed by atoms with Gasteiger partial charge in [-0.15, -0.1) is 0 Å². The highest BCUT2D eigenvalue weighted by Crippen LogP contribution is 2.25. The number of benzene rings is 3. The summed E-state index contributed by atoms with van der Waals surface area (Å²) in [6.45, 7) is 2.74. The van der Waals surface area contributed by atoms with Crippen LogP contribution in [0.3, 0.4) is 0 Å². The molecule has 1 amide bonds. The SMILES string of the molecule is CC(C)[C@@H](NS(=O)(=O)c1ccc(Cl)c(Cl)c1)C(=O)OCC(=O)Nc1ccc2ccccc2c1. The molecule has 174 valence electrons. The summed E-state index contributed by atoms with van der Waals surface area (Å²) in [6, 6.07) is 15.7. The largest absolute Gasteiger partial charge is 0.454 e. The molecule has 3 aromatic rings. The van der Waals surface area contributed by atoms with E-state index in [-0.39, 0.29) is 14.9 Å². The molecule has 0 fully saturated rings. The first-order chi connectivity index (χ1) is 15.6. The zero-order chi connectivity index (χ0) is 24.2. The van der Waals surface area contributed by atoms with Gasteiger partial charge in [0.15, 0.2) is 6.61 Å². The lowest BCUT2D eigenvalue weighted by Crippen LogP contribution is -2.45. The van der Waals surface area contributed by atoms with Gasteiger partial charge in [0.2, 0.25) is 10.0 Å². The van der Waals surface area contributed by atoms with Crippen LogP contribution in [0.4, 0.5) is 5.69 Å². The lowest BCUT2D eigenvalue weighted by molar-refractivity contribution is -0.150. The normalized spacial score (nSPS) is 12.5. The van der Waals surface area contributed by atoms with Crippen molar-refractivity contribution < 1.29 is 22.7 Å². The number of carbonyl (C=O) groups excluding carboxylic acids is 2. The van der Waals surface area contributed by atoms with Gasteiger partial charge < -0.3 is 10.1 Å². The Morgan fingerprint density at radius 2 is 1.64 bits per heavy atom. The van der Waals surface area contributed by atoms with Gasteiger partial charge in [-0.1, -0.05) is 67.4 Å². The maximum absolute atomic E-state index is 12.7. The van der Waals surface area contributed by atoms with Crippen molar-refractivity contribution in [2.24, 2.45) is 5.92 Å².